The van der Waals surface area contributed by atoms with Gasteiger partial charge in [-0.15, -0.1) is 0 Å². The van der Waals surface area contributed by atoms with Crippen LogP contribution >= 0.6 is 0 Å². The van der Waals surface area contributed by atoms with Crippen molar-refractivity contribution in [1.82, 2.24) is 9.88 Å². The van der Waals surface area contributed by atoms with Crippen molar-refractivity contribution in [1.29, 1.82) is 0 Å². The number of unbranched alkanes of at least 4 members (excludes halogenated alkanes) is 2. The molecule has 25 heavy (non-hydrogen) atoms. The SMILES string of the molecule is CCCCCN(C(=O)Nc1ccc(OCCOC)nc1)[C@H](C)CCC. The van der Waals surface area contributed by atoms with E-state index in [-0.39, 0.29) is 12.1 Å². The largest absolute Gasteiger partial charge is 0.475 e. The summed E-state index contributed by atoms with van der Waals surface area (Å²) in [4.78, 5) is 18.8. The van der Waals surface area contributed by atoms with Crippen LogP contribution in [0, 0.1) is 0 Å². The van der Waals surface area contributed by atoms with Crippen molar-refractivity contribution in [2.45, 2.75) is 58.9 Å². The highest BCUT2D eigenvalue weighted by Gasteiger charge is 2.19. The fraction of sp³-hybridized carbons (Fsp3) is 0.684. The van der Waals surface area contributed by atoms with Gasteiger partial charge in [0, 0.05) is 25.8 Å². The molecule has 0 saturated carbocycles. The number of carbonyl (C=O) groups excluding carboxylic acids is 1. The van der Waals surface area contributed by atoms with Crippen LogP contribution in [0.5, 0.6) is 5.88 Å². The Morgan fingerprint density at radius 1 is 1.24 bits per heavy atom. The molecule has 142 valence electrons. The molecular formula is C19H33N3O3. The van der Waals surface area contributed by atoms with Gasteiger partial charge in [0.25, 0.3) is 0 Å². The van der Waals surface area contributed by atoms with Gasteiger partial charge in [-0.25, -0.2) is 9.78 Å². The molecule has 1 heterocycles. The van der Waals surface area contributed by atoms with Crippen molar-refractivity contribution in [2.24, 2.45) is 0 Å². The number of carbonyl (C=O) groups is 1. The number of ether oxygens (including phenoxy) is 2. The van der Waals surface area contributed by atoms with Gasteiger partial charge in [-0.3, -0.25) is 0 Å². The third-order valence-electron chi connectivity index (χ3n) is 4.03. The molecule has 0 bridgehead atoms. The predicted octanol–water partition coefficient (Wildman–Crippen LogP) is 4.32. The maximum atomic E-state index is 12.7. The first kappa shape index (κ1) is 21.2. The molecule has 1 N–H and O–H groups in total. The normalized spacial score (nSPS) is 11.8. The molecule has 6 nitrogen and oxygen atoms in total. The van der Waals surface area contributed by atoms with E-state index in [2.05, 4.69) is 31.1 Å². The lowest BCUT2D eigenvalue weighted by Crippen LogP contribution is -2.42. The molecule has 1 atom stereocenters. The van der Waals surface area contributed by atoms with Crippen LogP contribution < -0.4 is 10.1 Å². The second kappa shape index (κ2) is 12.5. The van der Waals surface area contributed by atoms with E-state index < -0.39 is 0 Å². The molecule has 0 aromatic carbocycles. The summed E-state index contributed by atoms with van der Waals surface area (Å²) in [7, 11) is 1.63. The molecule has 0 aliphatic carbocycles. The zero-order valence-corrected chi connectivity index (χ0v) is 16.1. The van der Waals surface area contributed by atoms with Crippen LogP contribution in [0.2, 0.25) is 0 Å². The van der Waals surface area contributed by atoms with Gasteiger partial charge in [0.05, 0.1) is 18.5 Å². The fourth-order valence-electron chi connectivity index (χ4n) is 2.59. The fourth-order valence-corrected chi connectivity index (χ4v) is 2.59. The number of hydrogen-bond acceptors (Lipinski definition) is 4. The number of hydrogen-bond donors (Lipinski definition) is 1. The minimum absolute atomic E-state index is 0.0631. The molecule has 2 amide bonds. The molecule has 0 aliphatic rings. The quantitative estimate of drug-likeness (QED) is 0.570. The maximum Gasteiger partial charge on any atom is 0.322 e. The Kier molecular flexibility index (Phi) is 10.6. The smallest absolute Gasteiger partial charge is 0.322 e. The van der Waals surface area contributed by atoms with E-state index in [4.69, 9.17) is 9.47 Å². The van der Waals surface area contributed by atoms with E-state index in [0.29, 0.717) is 24.8 Å². The lowest BCUT2D eigenvalue weighted by atomic mass is 10.1. The Labute approximate surface area is 151 Å². The van der Waals surface area contributed by atoms with Crippen molar-refractivity contribution in [3.8, 4) is 5.88 Å². The Morgan fingerprint density at radius 3 is 2.64 bits per heavy atom. The summed E-state index contributed by atoms with van der Waals surface area (Å²) in [6.45, 7) is 8.18. The summed E-state index contributed by atoms with van der Waals surface area (Å²) >= 11 is 0. The number of pyridine rings is 1. The summed E-state index contributed by atoms with van der Waals surface area (Å²) in [6, 6.07) is 3.72. The van der Waals surface area contributed by atoms with E-state index >= 15 is 0 Å². The van der Waals surface area contributed by atoms with E-state index in [1.54, 1.807) is 19.4 Å². The highest BCUT2D eigenvalue weighted by molar-refractivity contribution is 5.89. The number of nitrogens with zero attached hydrogens (tertiary/aromatic N) is 2. The van der Waals surface area contributed by atoms with Crippen LogP contribution in [0.15, 0.2) is 18.3 Å². The first-order chi connectivity index (χ1) is 12.1. The monoisotopic (exact) mass is 351 g/mol. The second-order valence-corrected chi connectivity index (χ2v) is 6.19. The molecule has 0 radical (unpaired) electrons. The van der Waals surface area contributed by atoms with E-state index in [1.165, 1.54) is 0 Å². The minimum Gasteiger partial charge on any atom is -0.475 e. The Balaban J connectivity index is 2.61. The summed E-state index contributed by atoms with van der Waals surface area (Å²) in [5, 5.41) is 2.95. The van der Waals surface area contributed by atoms with Gasteiger partial charge < -0.3 is 19.7 Å². The number of aromatic nitrogens is 1. The molecule has 0 saturated heterocycles. The second-order valence-electron chi connectivity index (χ2n) is 6.19. The third kappa shape index (κ3) is 8.20. The predicted molar refractivity (Wildman–Crippen MR) is 101 cm³/mol. The zero-order chi connectivity index (χ0) is 18.5. The lowest BCUT2D eigenvalue weighted by Gasteiger charge is -2.29. The van der Waals surface area contributed by atoms with Crippen LogP contribution in [0.25, 0.3) is 0 Å². The van der Waals surface area contributed by atoms with E-state index in [9.17, 15) is 4.79 Å². The van der Waals surface area contributed by atoms with Gasteiger partial charge in [-0.1, -0.05) is 33.1 Å². The van der Waals surface area contributed by atoms with E-state index in [1.807, 2.05) is 11.0 Å². The number of amides is 2. The van der Waals surface area contributed by atoms with E-state index in [0.717, 1.165) is 38.6 Å². The molecule has 1 aromatic heterocycles. The molecule has 0 aliphatic heterocycles. The number of rotatable bonds is 12. The first-order valence-electron chi connectivity index (χ1n) is 9.27. The van der Waals surface area contributed by atoms with Crippen LogP contribution in [-0.2, 0) is 4.74 Å². The van der Waals surface area contributed by atoms with Crippen molar-refractivity contribution < 1.29 is 14.3 Å². The highest BCUT2D eigenvalue weighted by atomic mass is 16.5. The Morgan fingerprint density at radius 2 is 2.04 bits per heavy atom. The number of nitrogens with one attached hydrogen (secondary N) is 1. The number of urea groups is 1. The van der Waals surface area contributed by atoms with Crippen LogP contribution in [0.3, 0.4) is 0 Å². The van der Waals surface area contributed by atoms with Crippen molar-refractivity contribution in [3.63, 3.8) is 0 Å². The molecule has 0 unspecified atom stereocenters. The standard InChI is InChI=1S/C19H33N3O3/c1-5-7-8-12-22(16(3)9-6-2)19(23)21-17-10-11-18(20-15-17)25-14-13-24-4/h10-11,15-16H,5-9,12-14H2,1-4H3,(H,21,23)/t16-/m1/s1. The van der Waals surface area contributed by atoms with Gasteiger partial charge >= 0.3 is 6.03 Å². The number of anilines is 1. The van der Waals surface area contributed by atoms with Gasteiger partial charge in [-0.2, -0.15) is 0 Å². The molecular weight excluding hydrogens is 318 g/mol. The average Bonchev–Trinajstić information content (AvgIpc) is 2.60. The average molecular weight is 351 g/mol. The summed E-state index contributed by atoms with van der Waals surface area (Å²) in [6.07, 6.45) is 7.00. The minimum atomic E-state index is -0.0631. The first-order valence-corrected chi connectivity index (χ1v) is 9.27. The summed E-state index contributed by atoms with van der Waals surface area (Å²) in [5.74, 6) is 0.522. The molecule has 0 fully saturated rings. The molecule has 0 spiro atoms. The van der Waals surface area contributed by atoms with Crippen molar-refractivity contribution >= 4 is 11.7 Å². The van der Waals surface area contributed by atoms with Crippen molar-refractivity contribution in [2.75, 3.05) is 32.2 Å². The molecule has 6 heteroatoms. The van der Waals surface area contributed by atoms with Gasteiger partial charge in [0.2, 0.25) is 5.88 Å². The maximum absolute atomic E-state index is 12.7. The summed E-state index contributed by atoms with van der Waals surface area (Å²) in [5.41, 5.74) is 0.674. The van der Waals surface area contributed by atoms with Crippen molar-refractivity contribution in [3.05, 3.63) is 18.3 Å². The van der Waals surface area contributed by atoms with Gasteiger partial charge in [0.1, 0.15) is 6.61 Å². The lowest BCUT2D eigenvalue weighted by molar-refractivity contribution is 0.144. The summed E-state index contributed by atoms with van der Waals surface area (Å²) < 4.78 is 10.4. The van der Waals surface area contributed by atoms with Gasteiger partial charge in [0.15, 0.2) is 0 Å². The molecule has 1 rings (SSSR count). The van der Waals surface area contributed by atoms with Crippen LogP contribution in [0.4, 0.5) is 10.5 Å². The van der Waals surface area contributed by atoms with Crippen LogP contribution in [-0.4, -0.2) is 48.8 Å². The highest BCUT2D eigenvalue weighted by Crippen LogP contribution is 2.15. The topological polar surface area (TPSA) is 63.7 Å². The number of methoxy groups -OCH3 is 1. The Hall–Kier alpha value is -1.82. The van der Waals surface area contributed by atoms with Gasteiger partial charge in [-0.05, 0) is 25.8 Å². The molecule has 1 aromatic rings. The third-order valence-corrected chi connectivity index (χ3v) is 4.03. The van der Waals surface area contributed by atoms with Crippen LogP contribution in [0.1, 0.15) is 52.9 Å². The zero-order valence-electron chi connectivity index (χ0n) is 16.1. The Bertz CT molecular complexity index is 479.